The van der Waals surface area contributed by atoms with Crippen LogP contribution in [0.2, 0.25) is 0 Å². The normalized spacial score (nSPS) is 20.6. The second-order valence-electron chi connectivity index (χ2n) is 6.49. The second-order valence-corrected chi connectivity index (χ2v) is 6.49. The number of aromatic nitrogens is 4. The van der Waals surface area contributed by atoms with Gasteiger partial charge in [-0.05, 0) is 56.1 Å². The summed E-state index contributed by atoms with van der Waals surface area (Å²) in [4.78, 5) is 4.67. The minimum atomic E-state index is -0.0161. The highest BCUT2D eigenvalue weighted by atomic mass is 16.5. The van der Waals surface area contributed by atoms with Crippen LogP contribution < -0.4 is 5.32 Å². The van der Waals surface area contributed by atoms with Crippen molar-refractivity contribution in [3.8, 4) is 17.1 Å². The Morgan fingerprint density at radius 1 is 1.29 bits per heavy atom. The van der Waals surface area contributed by atoms with Gasteiger partial charge in [-0.1, -0.05) is 12.1 Å². The predicted molar refractivity (Wildman–Crippen MR) is 91.0 cm³/mol. The van der Waals surface area contributed by atoms with Gasteiger partial charge in [0.2, 0.25) is 11.7 Å². The van der Waals surface area contributed by atoms with Gasteiger partial charge in [-0.3, -0.25) is 0 Å². The van der Waals surface area contributed by atoms with Gasteiger partial charge in [0, 0.05) is 18.3 Å². The average molecular weight is 323 g/mol. The number of nitrogens with one attached hydrogen (secondary N) is 1. The molecule has 0 amide bonds. The van der Waals surface area contributed by atoms with Crippen molar-refractivity contribution in [3.63, 3.8) is 0 Å². The number of benzene rings is 1. The maximum atomic E-state index is 5.60. The third kappa shape index (κ3) is 2.53. The van der Waals surface area contributed by atoms with Gasteiger partial charge in [0.25, 0.3) is 0 Å². The summed E-state index contributed by atoms with van der Waals surface area (Å²) in [5, 5.41) is 11.9. The summed E-state index contributed by atoms with van der Waals surface area (Å²) in [6, 6.07) is 8.05. The molecule has 124 valence electrons. The zero-order valence-electron chi connectivity index (χ0n) is 14.0. The van der Waals surface area contributed by atoms with Crippen molar-refractivity contribution in [2.45, 2.75) is 32.1 Å². The molecule has 0 radical (unpaired) electrons. The lowest BCUT2D eigenvalue weighted by atomic mass is 9.84. The largest absolute Gasteiger partial charge is 0.338 e. The molecule has 6 heteroatoms. The second kappa shape index (κ2) is 5.87. The molecule has 0 spiro atoms. The molecule has 24 heavy (non-hydrogen) atoms. The van der Waals surface area contributed by atoms with Crippen LogP contribution in [0.25, 0.3) is 17.1 Å². The summed E-state index contributed by atoms with van der Waals surface area (Å²) in [7, 11) is 0. The summed E-state index contributed by atoms with van der Waals surface area (Å²) in [5.41, 5.74) is 3.09. The smallest absolute Gasteiger partial charge is 0.234 e. The maximum Gasteiger partial charge on any atom is 0.234 e. The fraction of sp³-hybridized carbons (Fsp3) is 0.389. The lowest BCUT2D eigenvalue weighted by Crippen LogP contribution is -2.28. The molecule has 4 rings (SSSR count). The van der Waals surface area contributed by atoms with Crippen LogP contribution in [0.3, 0.4) is 0 Å². The van der Waals surface area contributed by atoms with Gasteiger partial charge in [-0.2, -0.15) is 10.1 Å². The third-order valence-corrected chi connectivity index (χ3v) is 4.90. The summed E-state index contributed by atoms with van der Waals surface area (Å²) in [6.07, 6.45) is 5.89. The quantitative estimate of drug-likeness (QED) is 0.799. The Balaban J connectivity index is 1.60. The molecule has 1 N–H and O–H groups in total. The zero-order chi connectivity index (χ0) is 16.6. The number of rotatable bonds is 4. The van der Waals surface area contributed by atoms with E-state index in [1.165, 1.54) is 0 Å². The first kappa shape index (κ1) is 15.1. The van der Waals surface area contributed by atoms with E-state index < -0.39 is 0 Å². The lowest BCUT2D eigenvalue weighted by Gasteiger charge is -2.20. The highest BCUT2D eigenvalue weighted by Gasteiger charge is 2.39. The van der Waals surface area contributed by atoms with E-state index in [4.69, 9.17) is 4.52 Å². The Hall–Kier alpha value is -2.47. The van der Waals surface area contributed by atoms with Crippen LogP contribution in [0, 0.1) is 6.92 Å². The van der Waals surface area contributed by atoms with E-state index in [9.17, 15) is 0 Å². The molecule has 1 aliphatic rings. The summed E-state index contributed by atoms with van der Waals surface area (Å²) in [5.74, 6) is 1.39. The van der Waals surface area contributed by atoms with Crippen molar-refractivity contribution in [3.05, 3.63) is 48.1 Å². The third-order valence-electron chi connectivity index (χ3n) is 4.90. The van der Waals surface area contributed by atoms with E-state index in [2.05, 4.69) is 27.5 Å². The van der Waals surface area contributed by atoms with Crippen LogP contribution >= 0.6 is 0 Å². The van der Waals surface area contributed by atoms with Crippen molar-refractivity contribution < 1.29 is 4.52 Å². The van der Waals surface area contributed by atoms with Crippen LogP contribution in [0.4, 0.5) is 0 Å². The van der Waals surface area contributed by atoms with Gasteiger partial charge in [-0.15, -0.1) is 0 Å². The van der Waals surface area contributed by atoms with Crippen molar-refractivity contribution in [2.75, 3.05) is 13.1 Å². The van der Waals surface area contributed by atoms with E-state index in [1.807, 2.05) is 48.3 Å². The number of nitrogens with zero attached hydrogens (tertiary/aromatic N) is 4. The monoisotopic (exact) mass is 323 g/mol. The Bertz CT molecular complexity index is 827. The van der Waals surface area contributed by atoms with Gasteiger partial charge < -0.3 is 9.84 Å². The zero-order valence-corrected chi connectivity index (χ0v) is 14.0. The first-order chi connectivity index (χ1) is 11.7. The summed E-state index contributed by atoms with van der Waals surface area (Å²) < 4.78 is 7.45. The van der Waals surface area contributed by atoms with Crippen molar-refractivity contribution in [1.29, 1.82) is 0 Å². The van der Waals surface area contributed by atoms with Gasteiger partial charge >= 0.3 is 0 Å². The molecule has 3 aromatic rings. The van der Waals surface area contributed by atoms with Crippen LogP contribution in [0.15, 0.2) is 41.2 Å². The molecular weight excluding hydrogens is 302 g/mol. The Morgan fingerprint density at radius 3 is 2.75 bits per heavy atom. The minimum absolute atomic E-state index is 0.0161. The highest BCUT2D eigenvalue weighted by Crippen LogP contribution is 2.34. The SMILES string of the molecule is CCC1(c2nc(-c3ccc(-n4cc(C)cn4)cc3)no2)CCNC1. The maximum absolute atomic E-state index is 5.60. The number of hydrogen-bond donors (Lipinski definition) is 1. The van der Waals surface area contributed by atoms with Crippen LogP contribution in [-0.4, -0.2) is 33.0 Å². The summed E-state index contributed by atoms with van der Waals surface area (Å²) in [6.45, 7) is 6.12. The molecule has 0 bridgehead atoms. The summed E-state index contributed by atoms with van der Waals surface area (Å²) >= 11 is 0. The average Bonchev–Trinajstić information content (AvgIpc) is 3.35. The Labute approximate surface area is 140 Å². The van der Waals surface area contributed by atoms with E-state index in [-0.39, 0.29) is 5.41 Å². The fourth-order valence-corrected chi connectivity index (χ4v) is 3.25. The van der Waals surface area contributed by atoms with Gasteiger partial charge in [0.1, 0.15) is 0 Å². The first-order valence-electron chi connectivity index (χ1n) is 8.37. The topological polar surface area (TPSA) is 68.8 Å². The number of hydrogen-bond acceptors (Lipinski definition) is 5. The molecule has 1 atom stereocenters. The Morgan fingerprint density at radius 2 is 2.12 bits per heavy atom. The molecule has 6 nitrogen and oxygen atoms in total. The fourth-order valence-electron chi connectivity index (χ4n) is 3.25. The van der Waals surface area contributed by atoms with Crippen molar-refractivity contribution in [1.82, 2.24) is 25.2 Å². The molecule has 1 unspecified atom stereocenters. The molecule has 0 saturated carbocycles. The molecule has 1 saturated heterocycles. The lowest BCUT2D eigenvalue weighted by molar-refractivity contribution is 0.285. The number of aryl methyl sites for hydroxylation is 1. The Kier molecular flexibility index (Phi) is 3.69. The van der Waals surface area contributed by atoms with Crippen molar-refractivity contribution in [2.24, 2.45) is 0 Å². The predicted octanol–water partition coefficient (Wildman–Crippen LogP) is 2.87. The van der Waals surface area contributed by atoms with E-state index >= 15 is 0 Å². The minimum Gasteiger partial charge on any atom is -0.338 e. The van der Waals surface area contributed by atoms with Crippen LogP contribution in [0.5, 0.6) is 0 Å². The molecule has 1 fully saturated rings. The van der Waals surface area contributed by atoms with Crippen LogP contribution in [-0.2, 0) is 5.41 Å². The molecule has 1 aliphatic heterocycles. The molecule has 3 heterocycles. The van der Waals surface area contributed by atoms with E-state index in [0.29, 0.717) is 5.82 Å². The standard InChI is InChI=1S/C18H21N5O/c1-3-18(8-9-19-12-18)17-21-16(22-24-17)14-4-6-15(7-5-14)23-11-13(2)10-20-23/h4-7,10-11,19H,3,8-9,12H2,1-2H3. The highest BCUT2D eigenvalue weighted by molar-refractivity contribution is 5.56. The molecule has 0 aliphatic carbocycles. The molecule has 1 aromatic carbocycles. The van der Waals surface area contributed by atoms with E-state index in [1.54, 1.807) is 0 Å². The molecule has 2 aromatic heterocycles. The molecular formula is C18H21N5O. The van der Waals surface area contributed by atoms with Gasteiger partial charge in [0.05, 0.1) is 17.3 Å². The van der Waals surface area contributed by atoms with Gasteiger partial charge in [-0.25, -0.2) is 4.68 Å². The van der Waals surface area contributed by atoms with E-state index in [0.717, 1.165) is 48.6 Å². The first-order valence-corrected chi connectivity index (χ1v) is 8.37. The van der Waals surface area contributed by atoms with Crippen molar-refractivity contribution >= 4 is 0 Å². The van der Waals surface area contributed by atoms with Gasteiger partial charge in [0.15, 0.2) is 0 Å². The van der Waals surface area contributed by atoms with Crippen LogP contribution in [0.1, 0.15) is 31.2 Å².